The van der Waals surface area contributed by atoms with Gasteiger partial charge < -0.3 is 0 Å². The SMILES string of the molecule is BrC1[C@H]2c3ccccc3[C@@H]1C[C@H]2Br. The summed E-state index contributed by atoms with van der Waals surface area (Å²) in [6, 6.07) is 8.87. The molecule has 0 spiro atoms. The average Bonchev–Trinajstić information content (AvgIpc) is 2.56. The number of halogens is 2. The van der Waals surface area contributed by atoms with Crippen molar-refractivity contribution >= 4 is 31.9 Å². The minimum Gasteiger partial charge on any atom is -0.0883 e. The zero-order valence-electron chi connectivity index (χ0n) is 7.08. The Morgan fingerprint density at radius 1 is 1.08 bits per heavy atom. The van der Waals surface area contributed by atoms with E-state index in [9.17, 15) is 0 Å². The van der Waals surface area contributed by atoms with E-state index < -0.39 is 0 Å². The van der Waals surface area contributed by atoms with Gasteiger partial charge in [-0.25, -0.2) is 0 Å². The number of hydrogen-bond acceptors (Lipinski definition) is 0. The molecule has 68 valence electrons. The second-order valence-corrected chi connectivity index (χ2v) is 6.19. The van der Waals surface area contributed by atoms with Crippen molar-refractivity contribution in [1.82, 2.24) is 0 Å². The van der Waals surface area contributed by atoms with Crippen molar-refractivity contribution in [1.29, 1.82) is 0 Å². The number of alkyl halides is 2. The molecule has 0 radical (unpaired) electrons. The minimum absolute atomic E-state index is 0.661. The lowest BCUT2D eigenvalue weighted by molar-refractivity contribution is 0.743. The molecular formula is C11H10Br2. The largest absolute Gasteiger partial charge is 0.0883 e. The lowest BCUT2D eigenvalue weighted by atomic mass is 9.92. The zero-order valence-corrected chi connectivity index (χ0v) is 10.3. The van der Waals surface area contributed by atoms with E-state index in [1.165, 1.54) is 6.42 Å². The van der Waals surface area contributed by atoms with Crippen LogP contribution in [0.4, 0.5) is 0 Å². The molecular weight excluding hydrogens is 292 g/mol. The molecule has 1 fully saturated rings. The summed E-state index contributed by atoms with van der Waals surface area (Å²) in [5.74, 6) is 1.44. The Bertz CT molecular complexity index is 348. The lowest BCUT2D eigenvalue weighted by Crippen LogP contribution is -2.10. The second kappa shape index (κ2) is 2.83. The van der Waals surface area contributed by atoms with Crippen LogP contribution >= 0.6 is 31.9 Å². The fraction of sp³-hybridized carbons (Fsp3) is 0.455. The molecule has 1 aromatic rings. The van der Waals surface area contributed by atoms with Gasteiger partial charge in [0.1, 0.15) is 0 Å². The highest BCUT2D eigenvalue weighted by molar-refractivity contribution is 9.10. The highest BCUT2D eigenvalue weighted by Crippen LogP contribution is 2.58. The summed E-state index contributed by atoms with van der Waals surface area (Å²) in [4.78, 5) is 1.34. The number of rotatable bonds is 0. The summed E-state index contributed by atoms with van der Waals surface area (Å²) >= 11 is 7.60. The van der Waals surface area contributed by atoms with Gasteiger partial charge in [0.2, 0.25) is 0 Å². The van der Waals surface area contributed by atoms with E-state index >= 15 is 0 Å². The van der Waals surface area contributed by atoms with Crippen LogP contribution in [0.5, 0.6) is 0 Å². The molecule has 0 heterocycles. The topological polar surface area (TPSA) is 0 Å². The molecule has 1 aromatic carbocycles. The lowest BCUT2D eigenvalue weighted by Gasteiger charge is -2.18. The highest BCUT2D eigenvalue weighted by Gasteiger charge is 2.49. The van der Waals surface area contributed by atoms with Crippen molar-refractivity contribution in [2.75, 3.05) is 0 Å². The third kappa shape index (κ3) is 1.02. The molecule has 13 heavy (non-hydrogen) atoms. The third-order valence-electron chi connectivity index (χ3n) is 3.35. The normalized spacial score (nSPS) is 40.8. The Labute approximate surface area is 95.0 Å². The van der Waals surface area contributed by atoms with Crippen molar-refractivity contribution in [2.24, 2.45) is 0 Å². The third-order valence-corrected chi connectivity index (χ3v) is 5.50. The molecule has 4 atom stereocenters. The Morgan fingerprint density at radius 2 is 1.77 bits per heavy atom. The van der Waals surface area contributed by atoms with Crippen molar-refractivity contribution < 1.29 is 0 Å². The average molecular weight is 302 g/mol. The number of fused-ring (bicyclic) bond motifs is 5. The predicted octanol–water partition coefficient (Wildman–Crippen LogP) is 3.80. The van der Waals surface area contributed by atoms with Crippen LogP contribution in [-0.4, -0.2) is 9.65 Å². The van der Waals surface area contributed by atoms with Crippen molar-refractivity contribution in [2.45, 2.75) is 27.9 Å². The van der Waals surface area contributed by atoms with Crippen molar-refractivity contribution in [3.05, 3.63) is 35.4 Å². The van der Waals surface area contributed by atoms with Crippen LogP contribution < -0.4 is 0 Å². The van der Waals surface area contributed by atoms with Crippen LogP contribution in [0.1, 0.15) is 29.4 Å². The first-order chi connectivity index (χ1) is 6.29. The maximum atomic E-state index is 3.82. The first kappa shape index (κ1) is 8.49. The van der Waals surface area contributed by atoms with Crippen LogP contribution in [0.15, 0.2) is 24.3 Å². The molecule has 2 aliphatic carbocycles. The van der Waals surface area contributed by atoms with Gasteiger partial charge in [0.05, 0.1) is 0 Å². The Kier molecular flexibility index (Phi) is 1.85. The van der Waals surface area contributed by atoms with Gasteiger partial charge in [0.25, 0.3) is 0 Å². The summed E-state index contributed by atoms with van der Waals surface area (Å²) in [6.45, 7) is 0. The first-order valence-electron chi connectivity index (χ1n) is 4.66. The second-order valence-electron chi connectivity index (χ2n) is 3.96. The summed E-state index contributed by atoms with van der Waals surface area (Å²) in [7, 11) is 0. The molecule has 2 bridgehead atoms. The van der Waals surface area contributed by atoms with E-state index in [1.807, 2.05) is 0 Å². The summed E-state index contributed by atoms with van der Waals surface area (Å²) < 4.78 is 0. The molecule has 0 N–H and O–H groups in total. The highest BCUT2D eigenvalue weighted by atomic mass is 79.9. The van der Waals surface area contributed by atoms with Gasteiger partial charge in [0.15, 0.2) is 0 Å². The van der Waals surface area contributed by atoms with Gasteiger partial charge in [-0.15, -0.1) is 0 Å². The number of benzene rings is 1. The Hall–Kier alpha value is 0.180. The van der Waals surface area contributed by atoms with E-state index in [4.69, 9.17) is 0 Å². The fourth-order valence-electron chi connectivity index (χ4n) is 2.79. The van der Waals surface area contributed by atoms with Gasteiger partial charge in [-0.2, -0.15) is 0 Å². The molecule has 1 unspecified atom stereocenters. The van der Waals surface area contributed by atoms with Gasteiger partial charge >= 0.3 is 0 Å². The minimum atomic E-state index is 0.661. The van der Waals surface area contributed by atoms with Crippen LogP contribution in [0.25, 0.3) is 0 Å². The van der Waals surface area contributed by atoms with Gasteiger partial charge in [-0.1, -0.05) is 56.1 Å². The van der Waals surface area contributed by atoms with Crippen molar-refractivity contribution in [3.8, 4) is 0 Å². The molecule has 0 amide bonds. The van der Waals surface area contributed by atoms with Crippen LogP contribution in [0, 0.1) is 0 Å². The molecule has 0 aromatic heterocycles. The monoisotopic (exact) mass is 300 g/mol. The Morgan fingerprint density at radius 3 is 2.54 bits per heavy atom. The van der Waals surface area contributed by atoms with Crippen LogP contribution in [-0.2, 0) is 0 Å². The quantitative estimate of drug-likeness (QED) is 0.640. The molecule has 0 saturated heterocycles. The summed E-state index contributed by atoms with van der Waals surface area (Å²) in [5, 5.41) is 0. The summed E-state index contributed by atoms with van der Waals surface area (Å²) in [6.07, 6.45) is 1.29. The standard InChI is InChI=1S/C11H10Br2/c12-9-5-8-6-3-1-2-4-7(6)10(9)11(8)13/h1-4,8-11H,5H2/t8-,9+,10-,11?/m0/s1. The maximum absolute atomic E-state index is 3.82. The Balaban J connectivity index is 2.18. The first-order valence-corrected chi connectivity index (χ1v) is 6.49. The van der Waals surface area contributed by atoms with Crippen molar-refractivity contribution in [3.63, 3.8) is 0 Å². The molecule has 0 aliphatic heterocycles. The zero-order chi connectivity index (χ0) is 9.00. The van der Waals surface area contributed by atoms with Gasteiger partial charge in [-0.3, -0.25) is 0 Å². The van der Waals surface area contributed by atoms with E-state index in [0.29, 0.717) is 15.6 Å². The van der Waals surface area contributed by atoms with E-state index in [-0.39, 0.29) is 0 Å². The number of hydrogen-bond donors (Lipinski definition) is 0. The van der Waals surface area contributed by atoms with E-state index in [0.717, 1.165) is 5.92 Å². The van der Waals surface area contributed by atoms with Gasteiger partial charge in [-0.05, 0) is 23.5 Å². The molecule has 0 nitrogen and oxygen atoms in total. The smallest absolute Gasteiger partial charge is 0.0294 e. The van der Waals surface area contributed by atoms with Crippen LogP contribution in [0.3, 0.4) is 0 Å². The van der Waals surface area contributed by atoms with E-state index in [1.54, 1.807) is 11.1 Å². The van der Waals surface area contributed by atoms with Gasteiger partial charge in [0, 0.05) is 15.6 Å². The summed E-state index contributed by atoms with van der Waals surface area (Å²) in [5.41, 5.74) is 3.13. The maximum Gasteiger partial charge on any atom is 0.0294 e. The predicted molar refractivity (Wildman–Crippen MR) is 62.0 cm³/mol. The van der Waals surface area contributed by atoms with Crippen LogP contribution in [0.2, 0.25) is 0 Å². The fourth-order valence-corrected chi connectivity index (χ4v) is 5.37. The molecule has 2 heteroatoms. The molecule has 2 aliphatic rings. The molecule has 3 rings (SSSR count). The molecule has 1 saturated carbocycles. The van der Waals surface area contributed by atoms with E-state index in [2.05, 4.69) is 56.1 Å².